The molecule has 1 aromatic rings. The quantitative estimate of drug-likeness (QED) is 0.740. The van der Waals surface area contributed by atoms with Crippen molar-refractivity contribution in [3.05, 3.63) is 34.9 Å². The van der Waals surface area contributed by atoms with Crippen LogP contribution in [0.25, 0.3) is 0 Å². The summed E-state index contributed by atoms with van der Waals surface area (Å²) < 4.78 is 51.9. The predicted octanol–water partition coefficient (Wildman–Crippen LogP) is 2.32. The van der Waals surface area contributed by atoms with Crippen molar-refractivity contribution in [1.29, 1.82) is 0 Å². The summed E-state index contributed by atoms with van der Waals surface area (Å²) in [5, 5.41) is 0. The van der Waals surface area contributed by atoms with Crippen molar-refractivity contribution >= 4 is 0 Å². The van der Waals surface area contributed by atoms with Gasteiger partial charge in [0.15, 0.2) is 0 Å². The van der Waals surface area contributed by atoms with Gasteiger partial charge in [0.1, 0.15) is 11.6 Å². The largest absolute Gasteiger partial charge is 0.325 e. The minimum Gasteiger partial charge on any atom is -0.325 e. The van der Waals surface area contributed by atoms with Crippen LogP contribution in [0.2, 0.25) is 0 Å². The molecule has 0 unspecified atom stereocenters. The van der Waals surface area contributed by atoms with Gasteiger partial charge in [-0.2, -0.15) is 8.78 Å². The first kappa shape index (κ1) is 11.0. The van der Waals surface area contributed by atoms with Gasteiger partial charge < -0.3 is 5.73 Å². The monoisotopic (exact) mass is 207 g/mol. The van der Waals surface area contributed by atoms with E-state index in [1.165, 1.54) is 6.92 Å². The number of halogens is 4. The van der Waals surface area contributed by atoms with Crippen LogP contribution >= 0.6 is 0 Å². The summed E-state index contributed by atoms with van der Waals surface area (Å²) in [5.74, 6) is -6.20. The predicted molar refractivity (Wildman–Crippen MR) is 44.0 cm³/mol. The first-order valence-electron chi connectivity index (χ1n) is 3.92. The maximum atomic E-state index is 13.0. The van der Waals surface area contributed by atoms with E-state index in [4.69, 9.17) is 5.73 Å². The van der Waals surface area contributed by atoms with Gasteiger partial charge in [-0.3, -0.25) is 0 Å². The van der Waals surface area contributed by atoms with Crippen LogP contribution in [0.5, 0.6) is 0 Å². The third-order valence-electron chi connectivity index (χ3n) is 1.81. The third kappa shape index (κ3) is 1.87. The normalized spacial score (nSPS) is 11.9. The van der Waals surface area contributed by atoms with Gasteiger partial charge in [-0.15, -0.1) is 0 Å². The highest BCUT2D eigenvalue weighted by Crippen LogP contribution is 2.31. The molecule has 2 N–H and O–H groups in total. The van der Waals surface area contributed by atoms with Gasteiger partial charge in [0.05, 0.1) is 12.1 Å². The summed E-state index contributed by atoms with van der Waals surface area (Å²) >= 11 is 0. The van der Waals surface area contributed by atoms with E-state index in [1.807, 2.05) is 0 Å². The van der Waals surface area contributed by atoms with Gasteiger partial charge in [0.25, 0.3) is 5.92 Å². The Morgan fingerprint density at radius 2 is 1.64 bits per heavy atom. The fourth-order valence-corrected chi connectivity index (χ4v) is 1.15. The van der Waals surface area contributed by atoms with E-state index >= 15 is 0 Å². The Bertz CT molecular complexity index is 326. The second kappa shape index (κ2) is 3.57. The molecular weight excluding hydrogens is 198 g/mol. The molecule has 0 amide bonds. The summed E-state index contributed by atoms with van der Waals surface area (Å²) in [4.78, 5) is 0. The lowest BCUT2D eigenvalue weighted by Crippen LogP contribution is -2.27. The zero-order chi connectivity index (χ0) is 10.9. The van der Waals surface area contributed by atoms with Crippen LogP contribution in [0.4, 0.5) is 17.6 Å². The molecule has 78 valence electrons. The summed E-state index contributed by atoms with van der Waals surface area (Å²) in [6, 6.07) is 1.70. The fourth-order valence-electron chi connectivity index (χ4n) is 1.15. The Balaban J connectivity index is 3.35. The SMILES string of the molecule is Cc1cc(F)c(C(F)(F)CN)c(F)c1. The first-order chi connectivity index (χ1) is 6.38. The van der Waals surface area contributed by atoms with Gasteiger partial charge in [0, 0.05) is 0 Å². The molecule has 0 bridgehead atoms. The highest BCUT2D eigenvalue weighted by molar-refractivity contribution is 5.29. The summed E-state index contributed by atoms with van der Waals surface area (Å²) in [6.07, 6.45) is 0. The van der Waals surface area contributed by atoms with Gasteiger partial charge >= 0.3 is 0 Å². The van der Waals surface area contributed by atoms with Gasteiger partial charge in [-0.05, 0) is 24.6 Å². The van der Waals surface area contributed by atoms with E-state index < -0.39 is 29.7 Å². The van der Waals surface area contributed by atoms with Crippen LogP contribution < -0.4 is 5.73 Å². The van der Waals surface area contributed by atoms with E-state index in [0.717, 1.165) is 12.1 Å². The lowest BCUT2D eigenvalue weighted by atomic mass is 10.0. The minimum absolute atomic E-state index is 0.247. The van der Waals surface area contributed by atoms with Gasteiger partial charge in [0.2, 0.25) is 0 Å². The van der Waals surface area contributed by atoms with Gasteiger partial charge in [-0.1, -0.05) is 0 Å². The second-order valence-electron chi connectivity index (χ2n) is 3.01. The molecule has 0 aliphatic rings. The Hall–Kier alpha value is -1.10. The lowest BCUT2D eigenvalue weighted by molar-refractivity contribution is -0.00138. The van der Waals surface area contributed by atoms with Crippen molar-refractivity contribution in [2.75, 3.05) is 6.54 Å². The number of nitrogens with two attached hydrogens (primary N) is 1. The topological polar surface area (TPSA) is 26.0 Å². The maximum Gasteiger partial charge on any atom is 0.290 e. The molecule has 0 radical (unpaired) electrons. The number of aryl methyl sites for hydroxylation is 1. The highest BCUT2D eigenvalue weighted by Gasteiger charge is 2.36. The maximum absolute atomic E-state index is 13.0. The number of rotatable bonds is 2. The highest BCUT2D eigenvalue weighted by atomic mass is 19.3. The molecule has 1 nitrogen and oxygen atoms in total. The average Bonchev–Trinajstić information content (AvgIpc) is 2.01. The molecule has 0 heterocycles. The summed E-state index contributed by atoms with van der Waals surface area (Å²) in [7, 11) is 0. The Kier molecular flexibility index (Phi) is 2.80. The fraction of sp³-hybridized carbons (Fsp3) is 0.333. The van der Waals surface area contributed by atoms with Crippen molar-refractivity contribution in [3.8, 4) is 0 Å². The molecule has 5 heteroatoms. The van der Waals surface area contributed by atoms with Crippen LogP contribution in [-0.2, 0) is 5.92 Å². The smallest absolute Gasteiger partial charge is 0.290 e. The van der Waals surface area contributed by atoms with Crippen LogP contribution in [0, 0.1) is 18.6 Å². The first-order valence-corrected chi connectivity index (χ1v) is 3.92. The van der Waals surface area contributed by atoms with Crippen molar-refractivity contribution in [1.82, 2.24) is 0 Å². The Morgan fingerprint density at radius 3 is 2.00 bits per heavy atom. The van der Waals surface area contributed by atoms with E-state index in [-0.39, 0.29) is 5.56 Å². The third-order valence-corrected chi connectivity index (χ3v) is 1.81. The zero-order valence-electron chi connectivity index (χ0n) is 7.45. The molecule has 1 aromatic carbocycles. The molecule has 0 aromatic heterocycles. The van der Waals surface area contributed by atoms with Crippen LogP contribution in [0.3, 0.4) is 0 Å². The van der Waals surface area contributed by atoms with E-state index in [2.05, 4.69) is 0 Å². The second-order valence-corrected chi connectivity index (χ2v) is 3.01. The number of hydrogen-bond donors (Lipinski definition) is 1. The molecule has 1 rings (SSSR count). The molecule has 14 heavy (non-hydrogen) atoms. The molecule has 0 atom stereocenters. The van der Waals surface area contributed by atoms with E-state index in [0.29, 0.717) is 0 Å². The molecule has 0 saturated carbocycles. The molecular formula is C9H9F4N. The molecule has 0 spiro atoms. The Morgan fingerprint density at radius 1 is 1.21 bits per heavy atom. The van der Waals surface area contributed by atoms with E-state index in [1.54, 1.807) is 0 Å². The molecule has 0 aliphatic heterocycles. The lowest BCUT2D eigenvalue weighted by Gasteiger charge is -2.16. The summed E-state index contributed by atoms with van der Waals surface area (Å²) in [6.45, 7) is 0.292. The molecule has 0 aliphatic carbocycles. The zero-order valence-corrected chi connectivity index (χ0v) is 7.45. The van der Waals surface area contributed by atoms with Crippen LogP contribution in [-0.4, -0.2) is 6.54 Å². The van der Waals surface area contributed by atoms with Crippen molar-refractivity contribution in [2.24, 2.45) is 5.73 Å². The number of benzene rings is 1. The molecule has 0 fully saturated rings. The number of hydrogen-bond acceptors (Lipinski definition) is 1. The van der Waals surface area contributed by atoms with Crippen molar-refractivity contribution < 1.29 is 17.6 Å². The van der Waals surface area contributed by atoms with Crippen molar-refractivity contribution in [2.45, 2.75) is 12.8 Å². The van der Waals surface area contributed by atoms with Crippen LogP contribution in [0.15, 0.2) is 12.1 Å². The molecule has 0 saturated heterocycles. The van der Waals surface area contributed by atoms with Gasteiger partial charge in [-0.25, -0.2) is 8.78 Å². The van der Waals surface area contributed by atoms with Crippen LogP contribution in [0.1, 0.15) is 11.1 Å². The minimum atomic E-state index is -3.66. The summed E-state index contributed by atoms with van der Waals surface area (Å²) in [5.41, 5.74) is 3.72. The standard InChI is InChI=1S/C9H9F4N/c1-5-2-6(10)8(7(11)3-5)9(12,13)4-14/h2-3H,4,14H2,1H3. The average molecular weight is 207 g/mol. The van der Waals surface area contributed by atoms with Crippen molar-refractivity contribution in [3.63, 3.8) is 0 Å². The number of alkyl halides is 2. The van der Waals surface area contributed by atoms with E-state index in [9.17, 15) is 17.6 Å². The Labute approximate surface area is 78.5 Å².